The smallest absolute Gasteiger partial charge is 0.122 e. The van der Waals surface area contributed by atoms with Crippen molar-refractivity contribution in [2.45, 2.75) is 12.0 Å². The van der Waals surface area contributed by atoms with Crippen LogP contribution in [0.1, 0.15) is 12.0 Å². The Kier molecular flexibility index (Phi) is 5.20. The summed E-state index contributed by atoms with van der Waals surface area (Å²) in [6.45, 7) is 0.522. The van der Waals surface area contributed by atoms with Gasteiger partial charge in [0.05, 0.1) is 13.7 Å². The van der Waals surface area contributed by atoms with Gasteiger partial charge in [-0.25, -0.2) is 0 Å². The molecule has 4 heteroatoms. The van der Waals surface area contributed by atoms with Gasteiger partial charge in [-0.3, -0.25) is 0 Å². The minimum Gasteiger partial charge on any atom is -0.497 e. The standard InChI is InChI=1S/C17H21NO3/c1-20-15-8-5-9-16(12-15)21-11-10-17(19,13-18)14-6-3-2-4-7-14/h2-9,12,19H,10-11,13,18H2,1H3. The maximum atomic E-state index is 10.6. The molecule has 0 fully saturated rings. The van der Waals surface area contributed by atoms with Crippen molar-refractivity contribution in [3.63, 3.8) is 0 Å². The molecule has 0 aliphatic heterocycles. The van der Waals surface area contributed by atoms with Crippen LogP contribution in [0.2, 0.25) is 0 Å². The van der Waals surface area contributed by atoms with Crippen LogP contribution in [0.3, 0.4) is 0 Å². The monoisotopic (exact) mass is 287 g/mol. The van der Waals surface area contributed by atoms with Crippen LogP contribution in [-0.4, -0.2) is 25.4 Å². The summed E-state index contributed by atoms with van der Waals surface area (Å²) < 4.78 is 10.8. The van der Waals surface area contributed by atoms with E-state index >= 15 is 0 Å². The summed E-state index contributed by atoms with van der Waals surface area (Å²) in [7, 11) is 1.61. The Morgan fingerprint density at radius 2 is 1.76 bits per heavy atom. The molecule has 1 unspecified atom stereocenters. The first-order chi connectivity index (χ1) is 10.2. The van der Waals surface area contributed by atoms with Gasteiger partial charge in [-0.05, 0) is 17.7 Å². The summed E-state index contributed by atoms with van der Waals surface area (Å²) in [4.78, 5) is 0. The van der Waals surface area contributed by atoms with Crippen molar-refractivity contribution in [2.24, 2.45) is 5.73 Å². The summed E-state index contributed by atoms with van der Waals surface area (Å²) in [6.07, 6.45) is 0.421. The van der Waals surface area contributed by atoms with E-state index in [0.717, 1.165) is 11.3 Å². The first-order valence-electron chi connectivity index (χ1n) is 6.93. The highest BCUT2D eigenvalue weighted by molar-refractivity contribution is 5.32. The lowest BCUT2D eigenvalue weighted by atomic mass is 9.91. The van der Waals surface area contributed by atoms with Crippen LogP contribution in [0.4, 0.5) is 0 Å². The summed E-state index contributed by atoms with van der Waals surface area (Å²) in [5.41, 5.74) is 5.48. The molecular formula is C17H21NO3. The highest BCUT2D eigenvalue weighted by Gasteiger charge is 2.27. The van der Waals surface area contributed by atoms with E-state index < -0.39 is 5.60 Å². The second kappa shape index (κ2) is 7.11. The van der Waals surface area contributed by atoms with E-state index in [0.29, 0.717) is 18.8 Å². The minimum absolute atomic E-state index is 0.151. The SMILES string of the molecule is COc1cccc(OCCC(O)(CN)c2ccccc2)c1. The van der Waals surface area contributed by atoms with E-state index in [1.165, 1.54) is 0 Å². The van der Waals surface area contributed by atoms with Crippen molar-refractivity contribution in [2.75, 3.05) is 20.3 Å². The van der Waals surface area contributed by atoms with Gasteiger partial charge in [-0.1, -0.05) is 36.4 Å². The third-order valence-corrected chi connectivity index (χ3v) is 3.47. The van der Waals surface area contributed by atoms with Crippen LogP contribution >= 0.6 is 0 Å². The molecule has 0 amide bonds. The topological polar surface area (TPSA) is 64.7 Å². The van der Waals surface area contributed by atoms with Gasteiger partial charge in [-0.2, -0.15) is 0 Å². The molecule has 1 atom stereocenters. The Morgan fingerprint density at radius 3 is 2.43 bits per heavy atom. The van der Waals surface area contributed by atoms with Crippen LogP contribution in [0.25, 0.3) is 0 Å². The Morgan fingerprint density at radius 1 is 1.05 bits per heavy atom. The van der Waals surface area contributed by atoms with Gasteiger partial charge in [0.15, 0.2) is 0 Å². The fourth-order valence-corrected chi connectivity index (χ4v) is 2.14. The highest BCUT2D eigenvalue weighted by Crippen LogP contribution is 2.25. The van der Waals surface area contributed by atoms with Crippen molar-refractivity contribution in [3.8, 4) is 11.5 Å². The number of nitrogens with two attached hydrogens (primary N) is 1. The number of methoxy groups -OCH3 is 1. The van der Waals surface area contributed by atoms with E-state index in [1.807, 2.05) is 54.6 Å². The molecule has 4 nitrogen and oxygen atoms in total. The molecule has 0 aliphatic rings. The zero-order valence-electron chi connectivity index (χ0n) is 12.2. The first-order valence-corrected chi connectivity index (χ1v) is 6.93. The van der Waals surface area contributed by atoms with Crippen molar-refractivity contribution < 1.29 is 14.6 Å². The molecule has 112 valence electrons. The van der Waals surface area contributed by atoms with Crippen LogP contribution in [0, 0.1) is 0 Å². The largest absolute Gasteiger partial charge is 0.497 e. The van der Waals surface area contributed by atoms with Gasteiger partial charge in [0, 0.05) is 19.0 Å². The highest BCUT2D eigenvalue weighted by atomic mass is 16.5. The van der Waals surface area contributed by atoms with Crippen LogP contribution < -0.4 is 15.2 Å². The summed E-state index contributed by atoms with van der Waals surface area (Å²) >= 11 is 0. The molecule has 0 saturated carbocycles. The summed E-state index contributed by atoms with van der Waals surface area (Å²) in [6, 6.07) is 16.8. The van der Waals surface area contributed by atoms with Crippen molar-refractivity contribution in [1.82, 2.24) is 0 Å². The lowest BCUT2D eigenvalue weighted by Gasteiger charge is -2.27. The molecule has 0 spiro atoms. The Bertz CT molecular complexity index is 559. The van der Waals surface area contributed by atoms with Crippen LogP contribution in [-0.2, 0) is 5.60 Å². The van der Waals surface area contributed by atoms with Crippen molar-refractivity contribution >= 4 is 0 Å². The average molecular weight is 287 g/mol. The number of ether oxygens (including phenoxy) is 2. The van der Waals surface area contributed by atoms with Gasteiger partial charge in [0.1, 0.15) is 17.1 Å². The molecule has 2 rings (SSSR count). The predicted octanol–water partition coefficient (Wildman–Crippen LogP) is 2.31. The number of hydrogen-bond acceptors (Lipinski definition) is 4. The molecular weight excluding hydrogens is 266 g/mol. The van der Waals surface area contributed by atoms with E-state index in [1.54, 1.807) is 7.11 Å². The molecule has 2 aromatic rings. The first kappa shape index (κ1) is 15.4. The van der Waals surface area contributed by atoms with E-state index in [2.05, 4.69) is 0 Å². The number of aliphatic hydroxyl groups is 1. The molecule has 0 radical (unpaired) electrons. The number of benzene rings is 2. The zero-order valence-corrected chi connectivity index (χ0v) is 12.2. The third kappa shape index (κ3) is 3.97. The predicted molar refractivity (Wildman–Crippen MR) is 82.5 cm³/mol. The fraction of sp³-hybridized carbons (Fsp3) is 0.294. The van der Waals surface area contributed by atoms with Gasteiger partial charge in [0.2, 0.25) is 0 Å². The van der Waals surface area contributed by atoms with E-state index in [9.17, 15) is 5.11 Å². The van der Waals surface area contributed by atoms with Gasteiger partial charge in [-0.15, -0.1) is 0 Å². The Balaban J connectivity index is 1.97. The van der Waals surface area contributed by atoms with E-state index in [-0.39, 0.29) is 6.54 Å². The quantitative estimate of drug-likeness (QED) is 0.820. The molecule has 0 aromatic heterocycles. The van der Waals surface area contributed by atoms with E-state index in [4.69, 9.17) is 15.2 Å². The van der Waals surface area contributed by atoms with Gasteiger partial charge in [0.25, 0.3) is 0 Å². The average Bonchev–Trinajstić information content (AvgIpc) is 2.55. The molecule has 21 heavy (non-hydrogen) atoms. The Labute approximate surface area is 125 Å². The third-order valence-electron chi connectivity index (χ3n) is 3.47. The molecule has 0 saturated heterocycles. The number of rotatable bonds is 7. The lowest BCUT2D eigenvalue weighted by Crippen LogP contribution is -2.36. The molecule has 2 aromatic carbocycles. The summed E-state index contributed by atoms with van der Waals surface area (Å²) in [5.74, 6) is 1.45. The Hall–Kier alpha value is -2.04. The lowest BCUT2D eigenvalue weighted by molar-refractivity contribution is 0.0233. The van der Waals surface area contributed by atoms with Gasteiger partial charge < -0.3 is 20.3 Å². The maximum absolute atomic E-state index is 10.6. The second-order valence-corrected chi connectivity index (χ2v) is 4.88. The minimum atomic E-state index is -1.07. The van der Waals surface area contributed by atoms with Crippen molar-refractivity contribution in [1.29, 1.82) is 0 Å². The molecule has 3 N–H and O–H groups in total. The second-order valence-electron chi connectivity index (χ2n) is 4.88. The molecule has 0 bridgehead atoms. The van der Waals surface area contributed by atoms with Gasteiger partial charge >= 0.3 is 0 Å². The van der Waals surface area contributed by atoms with Crippen LogP contribution in [0.15, 0.2) is 54.6 Å². The number of hydrogen-bond donors (Lipinski definition) is 2. The summed E-state index contributed by atoms with van der Waals surface area (Å²) in [5, 5.41) is 10.6. The molecule has 0 heterocycles. The fourth-order valence-electron chi connectivity index (χ4n) is 2.14. The zero-order chi connectivity index (χ0) is 15.1. The maximum Gasteiger partial charge on any atom is 0.122 e. The molecule has 0 aliphatic carbocycles. The van der Waals surface area contributed by atoms with Crippen molar-refractivity contribution in [3.05, 3.63) is 60.2 Å². The normalized spacial score (nSPS) is 13.5. The van der Waals surface area contributed by atoms with Crippen LogP contribution in [0.5, 0.6) is 11.5 Å².